The number of carboxylic acids is 1. The van der Waals surface area contributed by atoms with Crippen molar-refractivity contribution in [1.82, 2.24) is 0 Å². The zero-order valence-corrected chi connectivity index (χ0v) is 9.95. The summed E-state index contributed by atoms with van der Waals surface area (Å²) < 4.78 is 32.0. The second kappa shape index (κ2) is 6.42. The number of hydrogen-bond donors (Lipinski definition) is 2. The summed E-state index contributed by atoms with van der Waals surface area (Å²) in [7, 11) is 1.38. The van der Waals surface area contributed by atoms with Crippen LogP contribution in [0.15, 0.2) is 12.1 Å². The number of ether oxygens (including phenoxy) is 1. The first kappa shape index (κ1) is 14.5. The Hall–Kier alpha value is -1.53. The molecule has 4 nitrogen and oxygen atoms in total. The van der Waals surface area contributed by atoms with Gasteiger partial charge in [0, 0.05) is 30.7 Å². The van der Waals surface area contributed by atoms with Crippen LogP contribution in [-0.4, -0.2) is 18.2 Å². The molecule has 0 amide bonds. The van der Waals surface area contributed by atoms with Gasteiger partial charge in [0.15, 0.2) is 11.6 Å². The van der Waals surface area contributed by atoms with Gasteiger partial charge in [0.2, 0.25) is 0 Å². The Morgan fingerprint density at radius 3 is 2.67 bits per heavy atom. The molecular formula is C12H15F2NO3. The molecule has 0 aliphatic heterocycles. The summed E-state index contributed by atoms with van der Waals surface area (Å²) in [6, 6.07) is 1.91. The number of aliphatic carboxylic acids is 1. The molecule has 0 bridgehead atoms. The van der Waals surface area contributed by atoms with Crippen LogP contribution in [0.1, 0.15) is 30.0 Å². The quantitative estimate of drug-likeness (QED) is 0.819. The lowest BCUT2D eigenvalue weighted by molar-refractivity contribution is -0.137. The number of hydrogen-bond acceptors (Lipinski definition) is 3. The van der Waals surface area contributed by atoms with Gasteiger partial charge in [0.1, 0.15) is 0 Å². The van der Waals surface area contributed by atoms with Crippen molar-refractivity contribution in [2.75, 3.05) is 7.11 Å². The van der Waals surface area contributed by atoms with E-state index in [1.807, 2.05) is 0 Å². The zero-order valence-electron chi connectivity index (χ0n) is 9.95. The molecule has 0 aliphatic carbocycles. The average molecular weight is 259 g/mol. The molecule has 1 aromatic rings. The molecule has 18 heavy (non-hydrogen) atoms. The van der Waals surface area contributed by atoms with Gasteiger partial charge < -0.3 is 15.6 Å². The third-order valence-corrected chi connectivity index (χ3v) is 2.56. The van der Waals surface area contributed by atoms with Gasteiger partial charge in [-0.1, -0.05) is 12.1 Å². The van der Waals surface area contributed by atoms with Gasteiger partial charge in [0.25, 0.3) is 0 Å². The molecule has 0 radical (unpaired) electrons. The molecule has 0 spiro atoms. The summed E-state index contributed by atoms with van der Waals surface area (Å²) in [6.45, 7) is -0.0343. The van der Waals surface area contributed by atoms with Gasteiger partial charge in [-0.05, 0) is 6.42 Å². The fraction of sp³-hybridized carbons (Fsp3) is 0.417. The van der Waals surface area contributed by atoms with Crippen LogP contribution in [0, 0.1) is 11.6 Å². The molecule has 100 valence electrons. The Morgan fingerprint density at radius 1 is 1.44 bits per heavy atom. The van der Waals surface area contributed by atoms with E-state index in [1.165, 1.54) is 19.2 Å². The maximum absolute atomic E-state index is 13.7. The van der Waals surface area contributed by atoms with E-state index in [2.05, 4.69) is 0 Å². The van der Waals surface area contributed by atoms with Crippen LogP contribution in [0.4, 0.5) is 8.78 Å². The van der Waals surface area contributed by atoms with Gasteiger partial charge in [-0.15, -0.1) is 0 Å². The summed E-state index contributed by atoms with van der Waals surface area (Å²) in [5.74, 6) is -3.06. The van der Waals surface area contributed by atoms with E-state index in [4.69, 9.17) is 15.6 Å². The Morgan fingerprint density at radius 2 is 2.11 bits per heavy atom. The van der Waals surface area contributed by atoms with Crippen LogP contribution in [0.3, 0.4) is 0 Å². The van der Waals surface area contributed by atoms with E-state index in [0.717, 1.165) is 0 Å². The normalized spacial score (nSPS) is 12.4. The summed E-state index contributed by atoms with van der Waals surface area (Å²) in [4.78, 5) is 10.4. The maximum Gasteiger partial charge on any atom is 0.303 e. The lowest BCUT2D eigenvalue weighted by atomic mass is 10.0. The van der Waals surface area contributed by atoms with Gasteiger partial charge >= 0.3 is 5.97 Å². The summed E-state index contributed by atoms with van der Waals surface area (Å²) in [6.07, 6.45) is -0.142. The maximum atomic E-state index is 13.7. The molecule has 1 aromatic carbocycles. The van der Waals surface area contributed by atoms with E-state index in [1.54, 1.807) is 0 Å². The molecule has 0 saturated heterocycles. The van der Waals surface area contributed by atoms with Crippen LogP contribution >= 0.6 is 0 Å². The second-order valence-electron chi connectivity index (χ2n) is 3.91. The van der Waals surface area contributed by atoms with E-state index >= 15 is 0 Å². The standard InChI is InChI=1S/C12H15F2NO3/c1-18-6-7-2-3-8(12(14)11(7)13)9(15)4-5-10(16)17/h2-3,9H,4-6,15H2,1H3,(H,16,17). The third kappa shape index (κ3) is 3.48. The summed E-state index contributed by atoms with van der Waals surface area (Å²) in [5, 5.41) is 8.51. The van der Waals surface area contributed by atoms with Gasteiger partial charge in [-0.2, -0.15) is 0 Å². The molecule has 1 rings (SSSR count). The van der Waals surface area contributed by atoms with E-state index in [-0.39, 0.29) is 30.6 Å². The average Bonchev–Trinajstić information content (AvgIpc) is 2.32. The second-order valence-corrected chi connectivity index (χ2v) is 3.91. The third-order valence-electron chi connectivity index (χ3n) is 2.56. The lowest BCUT2D eigenvalue weighted by Gasteiger charge is -2.13. The fourth-order valence-electron chi connectivity index (χ4n) is 1.59. The molecule has 1 atom stereocenters. The number of halogens is 2. The molecular weight excluding hydrogens is 244 g/mol. The van der Waals surface area contributed by atoms with Crippen molar-refractivity contribution in [2.24, 2.45) is 5.73 Å². The summed E-state index contributed by atoms with van der Waals surface area (Å²) >= 11 is 0. The molecule has 0 aliphatic rings. The number of carbonyl (C=O) groups is 1. The lowest BCUT2D eigenvalue weighted by Crippen LogP contribution is -2.15. The van der Waals surface area contributed by atoms with Crippen molar-refractivity contribution in [3.05, 3.63) is 34.9 Å². The number of benzene rings is 1. The predicted octanol–water partition coefficient (Wildman–Crippen LogP) is 1.98. The zero-order chi connectivity index (χ0) is 13.7. The topological polar surface area (TPSA) is 72.5 Å². The molecule has 6 heteroatoms. The van der Waals surface area contributed by atoms with Crippen molar-refractivity contribution < 1.29 is 23.4 Å². The van der Waals surface area contributed by atoms with Crippen molar-refractivity contribution in [2.45, 2.75) is 25.5 Å². The Bertz CT molecular complexity index is 438. The van der Waals surface area contributed by atoms with E-state index in [9.17, 15) is 13.6 Å². The molecule has 3 N–H and O–H groups in total. The van der Waals surface area contributed by atoms with Crippen LogP contribution in [-0.2, 0) is 16.1 Å². The van der Waals surface area contributed by atoms with Gasteiger partial charge in [-0.25, -0.2) is 8.78 Å². The van der Waals surface area contributed by atoms with Crippen LogP contribution < -0.4 is 5.73 Å². The van der Waals surface area contributed by atoms with Crippen molar-refractivity contribution in [3.63, 3.8) is 0 Å². The van der Waals surface area contributed by atoms with Crippen LogP contribution in [0.5, 0.6) is 0 Å². The Labute approximate surface area is 103 Å². The highest BCUT2D eigenvalue weighted by molar-refractivity contribution is 5.66. The fourth-order valence-corrected chi connectivity index (χ4v) is 1.59. The van der Waals surface area contributed by atoms with Crippen molar-refractivity contribution in [3.8, 4) is 0 Å². The minimum absolute atomic E-state index is 0.0198. The molecule has 0 aromatic heterocycles. The Kier molecular flexibility index (Phi) is 5.18. The first-order valence-corrected chi connectivity index (χ1v) is 5.40. The first-order valence-electron chi connectivity index (χ1n) is 5.40. The molecule has 1 unspecified atom stereocenters. The summed E-state index contributed by atoms with van der Waals surface area (Å²) in [5.41, 5.74) is 5.72. The molecule has 0 saturated carbocycles. The Balaban J connectivity index is 2.90. The predicted molar refractivity (Wildman–Crippen MR) is 60.9 cm³/mol. The van der Waals surface area contributed by atoms with Gasteiger partial charge in [0.05, 0.1) is 6.61 Å². The number of rotatable bonds is 6. The molecule has 0 heterocycles. The van der Waals surface area contributed by atoms with Crippen molar-refractivity contribution >= 4 is 5.97 Å². The highest BCUT2D eigenvalue weighted by Gasteiger charge is 2.18. The minimum Gasteiger partial charge on any atom is -0.481 e. The highest BCUT2D eigenvalue weighted by Crippen LogP contribution is 2.23. The number of carboxylic acid groups (broad SMARTS) is 1. The van der Waals surface area contributed by atoms with Crippen LogP contribution in [0.2, 0.25) is 0 Å². The monoisotopic (exact) mass is 259 g/mol. The highest BCUT2D eigenvalue weighted by atomic mass is 19.2. The van der Waals surface area contributed by atoms with Crippen LogP contribution in [0.25, 0.3) is 0 Å². The van der Waals surface area contributed by atoms with Crippen molar-refractivity contribution in [1.29, 1.82) is 0 Å². The van der Waals surface area contributed by atoms with E-state index < -0.39 is 23.6 Å². The largest absolute Gasteiger partial charge is 0.481 e. The smallest absolute Gasteiger partial charge is 0.303 e. The minimum atomic E-state index is -1.04. The van der Waals surface area contributed by atoms with Gasteiger partial charge in [-0.3, -0.25) is 4.79 Å². The van der Waals surface area contributed by atoms with E-state index in [0.29, 0.717) is 0 Å². The SMILES string of the molecule is COCc1ccc(C(N)CCC(=O)O)c(F)c1F. The number of methoxy groups -OCH3 is 1. The number of nitrogens with two attached hydrogens (primary N) is 1. The first-order chi connectivity index (χ1) is 8.47. The molecule has 0 fully saturated rings.